The van der Waals surface area contributed by atoms with Gasteiger partial charge in [0.1, 0.15) is 5.82 Å². The van der Waals surface area contributed by atoms with E-state index in [0.717, 1.165) is 56.7 Å². The van der Waals surface area contributed by atoms with E-state index in [4.69, 9.17) is 9.73 Å². The summed E-state index contributed by atoms with van der Waals surface area (Å²) in [7, 11) is 0. The molecule has 33 heavy (non-hydrogen) atoms. The van der Waals surface area contributed by atoms with Crippen LogP contribution >= 0.6 is 0 Å². The fraction of sp³-hybridized carbons (Fsp3) is 0.333. The van der Waals surface area contributed by atoms with Gasteiger partial charge in [-0.2, -0.15) is 0 Å². The Morgan fingerprint density at radius 2 is 1.61 bits per heavy atom. The minimum atomic E-state index is 0.235. The van der Waals surface area contributed by atoms with Gasteiger partial charge in [-0.3, -0.25) is 0 Å². The van der Waals surface area contributed by atoms with Gasteiger partial charge in [0, 0.05) is 43.9 Å². The Balaban J connectivity index is 1.49. The van der Waals surface area contributed by atoms with Crippen molar-refractivity contribution < 1.29 is 4.74 Å². The number of anilines is 1. The first-order valence-electron chi connectivity index (χ1n) is 11.7. The quantitative estimate of drug-likeness (QED) is 0.410. The Bertz CT molecular complexity index is 964. The number of pyridine rings is 1. The van der Waals surface area contributed by atoms with Gasteiger partial charge in [-0.05, 0) is 24.1 Å². The predicted octanol–water partition coefficient (Wildman–Crippen LogP) is 3.81. The number of nitrogens with zero attached hydrogens (tertiary/aromatic N) is 3. The van der Waals surface area contributed by atoms with Gasteiger partial charge in [0.2, 0.25) is 0 Å². The minimum Gasteiger partial charge on any atom is -0.378 e. The SMILES string of the molecule is CCNC(=NCc1cccnc1N1CCOCC1)NCC(c1ccccc1)c1ccccc1. The molecule has 1 fully saturated rings. The number of hydrogen-bond donors (Lipinski definition) is 2. The summed E-state index contributed by atoms with van der Waals surface area (Å²) >= 11 is 0. The third-order valence-electron chi connectivity index (χ3n) is 5.81. The van der Waals surface area contributed by atoms with E-state index < -0.39 is 0 Å². The molecule has 6 heteroatoms. The summed E-state index contributed by atoms with van der Waals surface area (Å²) in [5, 5.41) is 6.97. The van der Waals surface area contributed by atoms with Crippen LogP contribution in [0.1, 0.15) is 29.5 Å². The molecule has 0 aliphatic carbocycles. The van der Waals surface area contributed by atoms with Crippen LogP contribution in [0.15, 0.2) is 84.0 Å². The number of hydrogen-bond acceptors (Lipinski definition) is 4. The van der Waals surface area contributed by atoms with Crippen molar-refractivity contribution in [1.82, 2.24) is 15.6 Å². The molecule has 172 valence electrons. The molecule has 0 saturated carbocycles. The molecule has 0 unspecified atom stereocenters. The van der Waals surface area contributed by atoms with Crippen LogP contribution in [0.3, 0.4) is 0 Å². The number of benzene rings is 2. The van der Waals surface area contributed by atoms with Crippen molar-refractivity contribution in [3.05, 3.63) is 95.7 Å². The lowest BCUT2D eigenvalue weighted by Crippen LogP contribution is -2.39. The summed E-state index contributed by atoms with van der Waals surface area (Å²) in [6.07, 6.45) is 1.85. The van der Waals surface area contributed by atoms with Crippen molar-refractivity contribution >= 4 is 11.8 Å². The predicted molar refractivity (Wildman–Crippen MR) is 135 cm³/mol. The zero-order valence-electron chi connectivity index (χ0n) is 19.3. The Morgan fingerprint density at radius 1 is 0.939 bits per heavy atom. The van der Waals surface area contributed by atoms with Crippen LogP contribution in [-0.4, -0.2) is 50.3 Å². The molecule has 2 heterocycles. The monoisotopic (exact) mass is 443 g/mol. The summed E-state index contributed by atoms with van der Waals surface area (Å²) in [6, 6.07) is 25.4. The standard InChI is InChI=1S/C27H33N5O/c1-2-28-27(30-20-24-14-9-15-29-26(24)32-16-18-33-19-17-32)31-21-25(22-10-5-3-6-11-22)23-12-7-4-8-13-23/h3-15,25H,2,16-21H2,1H3,(H2,28,30,31). The Kier molecular flexibility index (Phi) is 8.30. The molecule has 2 N–H and O–H groups in total. The second-order valence-electron chi connectivity index (χ2n) is 8.04. The number of morpholine rings is 1. The molecule has 0 atom stereocenters. The van der Waals surface area contributed by atoms with E-state index in [9.17, 15) is 0 Å². The highest BCUT2D eigenvalue weighted by molar-refractivity contribution is 5.80. The highest BCUT2D eigenvalue weighted by Crippen LogP contribution is 2.24. The van der Waals surface area contributed by atoms with Gasteiger partial charge in [-0.15, -0.1) is 0 Å². The van der Waals surface area contributed by atoms with Crippen molar-refractivity contribution in [3.63, 3.8) is 0 Å². The van der Waals surface area contributed by atoms with Crippen molar-refractivity contribution in [1.29, 1.82) is 0 Å². The molecule has 0 radical (unpaired) electrons. The maximum absolute atomic E-state index is 5.50. The Morgan fingerprint density at radius 3 is 2.24 bits per heavy atom. The van der Waals surface area contributed by atoms with Crippen molar-refractivity contribution in [2.45, 2.75) is 19.4 Å². The maximum atomic E-state index is 5.50. The van der Waals surface area contributed by atoms with Crippen LogP contribution in [0.4, 0.5) is 5.82 Å². The average Bonchev–Trinajstić information content (AvgIpc) is 2.89. The van der Waals surface area contributed by atoms with Crippen molar-refractivity contribution in [2.75, 3.05) is 44.3 Å². The number of aromatic nitrogens is 1. The van der Waals surface area contributed by atoms with Crippen LogP contribution in [0.25, 0.3) is 0 Å². The second-order valence-corrected chi connectivity index (χ2v) is 8.04. The molecule has 1 aromatic heterocycles. The van der Waals surface area contributed by atoms with Gasteiger partial charge in [0.25, 0.3) is 0 Å². The van der Waals surface area contributed by atoms with Crippen LogP contribution in [0, 0.1) is 0 Å². The first kappa shape index (κ1) is 22.8. The molecular weight excluding hydrogens is 410 g/mol. The first-order chi connectivity index (χ1) is 16.3. The zero-order valence-corrected chi connectivity index (χ0v) is 19.3. The zero-order chi connectivity index (χ0) is 22.7. The summed E-state index contributed by atoms with van der Waals surface area (Å²) in [6.45, 7) is 7.42. The number of aliphatic imine (C=N–C) groups is 1. The Hall–Kier alpha value is -3.38. The molecule has 6 nitrogen and oxygen atoms in total. The molecule has 0 bridgehead atoms. The molecule has 3 aromatic rings. The third-order valence-corrected chi connectivity index (χ3v) is 5.81. The maximum Gasteiger partial charge on any atom is 0.191 e. The van der Waals surface area contributed by atoms with E-state index in [1.165, 1.54) is 11.1 Å². The summed E-state index contributed by atoms with van der Waals surface area (Å²) < 4.78 is 5.50. The molecule has 4 rings (SSSR count). The molecule has 1 aliphatic rings. The lowest BCUT2D eigenvalue weighted by atomic mass is 9.91. The first-order valence-corrected chi connectivity index (χ1v) is 11.7. The minimum absolute atomic E-state index is 0.235. The molecule has 0 amide bonds. The van der Waals surface area contributed by atoms with Crippen LogP contribution in [-0.2, 0) is 11.3 Å². The average molecular weight is 444 g/mol. The number of guanidine groups is 1. The highest BCUT2D eigenvalue weighted by Gasteiger charge is 2.17. The van der Waals surface area contributed by atoms with Crippen molar-refractivity contribution in [2.24, 2.45) is 4.99 Å². The van der Waals surface area contributed by atoms with E-state index in [-0.39, 0.29) is 5.92 Å². The lowest BCUT2D eigenvalue weighted by molar-refractivity contribution is 0.122. The van der Waals surface area contributed by atoms with E-state index in [1.807, 2.05) is 12.3 Å². The third kappa shape index (κ3) is 6.33. The van der Waals surface area contributed by atoms with Gasteiger partial charge in [0.05, 0.1) is 19.8 Å². The molecule has 1 aliphatic heterocycles. The van der Waals surface area contributed by atoms with E-state index >= 15 is 0 Å². The Labute approximate surface area is 196 Å². The largest absolute Gasteiger partial charge is 0.378 e. The molecule has 2 aromatic carbocycles. The second kappa shape index (κ2) is 12.0. The van der Waals surface area contributed by atoms with Crippen molar-refractivity contribution in [3.8, 4) is 0 Å². The number of rotatable bonds is 8. The van der Waals surface area contributed by atoms with Gasteiger partial charge < -0.3 is 20.3 Å². The lowest BCUT2D eigenvalue weighted by Gasteiger charge is -2.29. The van der Waals surface area contributed by atoms with Crippen LogP contribution in [0.5, 0.6) is 0 Å². The van der Waals surface area contributed by atoms with E-state index in [2.05, 4.69) is 94.2 Å². The summed E-state index contributed by atoms with van der Waals surface area (Å²) in [5.74, 6) is 2.05. The summed E-state index contributed by atoms with van der Waals surface area (Å²) in [5.41, 5.74) is 3.70. The van der Waals surface area contributed by atoms with Crippen LogP contribution < -0.4 is 15.5 Å². The number of nitrogens with one attached hydrogen (secondary N) is 2. The smallest absolute Gasteiger partial charge is 0.191 e. The van der Waals surface area contributed by atoms with Gasteiger partial charge in [-0.1, -0.05) is 66.7 Å². The van der Waals surface area contributed by atoms with Gasteiger partial charge >= 0.3 is 0 Å². The molecule has 1 saturated heterocycles. The topological polar surface area (TPSA) is 61.8 Å². The fourth-order valence-corrected chi connectivity index (χ4v) is 4.12. The molecular formula is C27H33N5O. The fourth-order valence-electron chi connectivity index (χ4n) is 4.12. The van der Waals surface area contributed by atoms with Crippen LogP contribution in [0.2, 0.25) is 0 Å². The van der Waals surface area contributed by atoms with Gasteiger partial charge in [-0.25, -0.2) is 9.98 Å². The van der Waals surface area contributed by atoms with E-state index in [1.54, 1.807) is 0 Å². The van der Waals surface area contributed by atoms with Gasteiger partial charge in [0.15, 0.2) is 5.96 Å². The van der Waals surface area contributed by atoms with E-state index in [0.29, 0.717) is 6.54 Å². The highest BCUT2D eigenvalue weighted by atomic mass is 16.5. The summed E-state index contributed by atoms with van der Waals surface area (Å²) in [4.78, 5) is 11.8. The number of ether oxygens (including phenoxy) is 1. The normalized spacial score (nSPS) is 14.4. The molecule has 0 spiro atoms.